The number of amides is 1. The number of carbonyl (C=O) groups is 1. The molecular weight excluding hydrogens is 498 g/mol. The maximum absolute atomic E-state index is 13.3. The number of aryl methyl sites for hydroxylation is 1. The highest BCUT2D eigenvalue weighted by molar-refractivity contribution is 14.0. The third-order valence-electron chi connectivity index (χ3n) is 4.23. The molecule has 2 rings (SSSR count). The summed E-state index contributed by atoms with van der Waals surface area (Å²) in [4.78, 5) is 16.4. The van der Waals surface area contributed by atoms with Crippen LogP contribution in [0.5, 0.6) is 0 Å². The van der Waals surface area contributed by atoms with Gasteiger partial charge in [0.25, 0.3) is 0 Å². The zero-order valence-corrected chi connectivity index (χ0v) is 19.3. The van der Waals surface area contributed by atoms with Gasteiger partial charge in [0.2, 0.25) is 5.91 Å². The van der Waals surface area contributed by atoms with Crippen LogP contribution in [0.2, 0.25) is 0 Å². The summed E-state index contributed by atoms with van der Waals surface area (Å²) >= 11 is 0. The summed E-state index contributed by atoms with van der Waals surface area (Å²) in [6.45, 7) is 5.08. The fourth-order valence-electron chi connectivity index (χ4n) is 2.82. The van der Waals surface area contributed by atoms with Crippen molar-refractivity contribution >= 4 is 45.7 Å². The van der Waals surface area contributed by atoms with E-state index in [0.29, 0.717) is 37.6 Å². The molecule has 0 aliphatic carbocycles. The molecule has 7 nitrogen and oxygen atoms in total. The summed E-state index contributed by atoms with van der Waals surface area (Å²) in [7, 11) is -3.00. The van der Waals surface area contributed by atoms with E-state index in [1.54, 1.807) is 19.1 Å². The highest BCUT2D eigenvalue weighted by Gasteiger charge is 2.28. The topological polar surface area (TPSA) is 99.7 Å². The fourth-order valence-corrected chi connectivity index (χ4v) is 4.49. The Bertz CT molecular complexity index is 802. The SMILES string of the molecule is CCNC(=NCc1ccc(F)c(C)c1)NCCC(=O)NC1CCS(=O)(=O)C1.I. The minimum Gasteiger partial charge on any atom is -0.357 e. The van der Waals surface area contributed by atoms with Crippen LogP contribution in [-0.2, 0) is 21.2 Å². The molecule has 1 amide bonds. The lowest BCUT2D eigenvalue weighted by Gasteiger charge is -2.13. The number of aliphatic imine (C=N–C) groups is 1. The van der Waals surface area contributed by atoms with Gasteiger partial charge in [-0.15, -0.1) is 24.0 Å². The lowest BCUT2D eigenvalue weighted by Crippen LogP contribution is -2.41. The summed E-state index contributed by atoms with van der Waals surface area (Å²) in [6.07, 6.45) is 0.694. The van der Waals surface area contributed by atoms with Crippen LogP contribution in [0, 0.1) is 12.7 Å². The Balaban J connectivity index is 0.00000392. The number of hydrogen-bond donors (Lipinski definition) is 3. The second kappa shape index (κ2) is 11.5. The maximum atomic E-state index is 13.3. The van der Waals surface area contributed by atoms with Crippen LogP contribution in [-0.4, -0.2) is 50.9 Å². The number of halogens is 2. The van der Waals surface area contributed by atoms with E-state index >= 15 is 0 Å². The zero-order valence-electron chi connectivity index (χ0n) is 16.1. The van der Waals surface area contributed by atoms with Gasteiger partial charge in [0.1, 0.15) is 5.82 Å². The van der Waals surface area contributed by atoms with Crippen molar-refractivity contribution in [3.05, 3.63) is 35.1 Å². The lowest BCUT2D eigenvalue weighted by molar-refractivity contribution is -0.121. The van der Waals surface area contributed by atoms with E-state index in [9.17, 15) is 17.6 Å². The number of nitrogens with zero attached hydrogens (tertiary/aromatic N) is 1. The van der Waals surface area contributed by atoms with Crippen LogP contribution in [0.25, 0.3) is 0 Å². The predicted octanol–water partition coefficient (Wildman–Crippen LogP) is 1.50. The molecule has 0 bridgehead atoms. The first-order chi connectivity index (χ1) is 12.8. The smallest absolute Gasteiger partial charge is 0.222 e. The molecule has 1 heterocycles. The van der Waals surface area contributed by atoms with Crippen LogP contribution in [0.15, 0.2) is 23.2 Å². The van der Waals surface area contributed by atoms with E-state index in [1.807, 2.05) is 6.92 Å². The van der Waals surface area contributed by atoms with Gasteiger partial charge in [-0.2, -0.15) is 0 Å². The van der Waals surface area contributed by atoms with Gasteiger partial charge in [-0.05, 0) is 37.5 Å². The normalized spacial score (nSPS) is 18.2. The number of nitrogens with one attached hydrogen (secondary N) is 3. The van der Waals surface area contributed by atoms with Crippen LogP contribution < -0.4 is 16.0 Å². The van der Waals surface area contributed by atoms with Gasteiger partial charge < -0.3 is 16.0 Å². The molecule has 1 saturated heterocycles. The van der Waals surface area contributed by atoms with E-state index in [2.05, 4.69) is 20.9 Å². The van der Waals surface area contributed by atoms with Gasteiger partial charge in [0.05, 0.1) is 18.1 Å². The number of carbonyl (C=O) groups excluding carboxylic acids is 1. The third-order valence-corrected chi connectivity index (χ3v) is 6.00. The fraction of sp³-hybridized carbons (Fsp3) is 0.556. The molecule has 158 valence electrons. The Hall–Kier alpha value is -1.43. The number of benzene rings is 1. The molecule has 10 heteroatoms. The second-order valence-corrected chi connectivity index (χ2v) is 8.85. The van der Waals surface area contributed by atoms with Gasteiger partial charge in [-0.25, -0.2) is 17.8 Å². The van der Waals surface area contributed by atoms with Crippen molar-refractivity contribution in [2.45, 2.75) is 39.3 Å². The predicted molar refractivity (Wildman–Crippen MR) is 119 cm³/mol. The molecule has 1 aromatic carbocycles. The van der Waals surface area contributed by atoms with Crippen molar-refractivity contribution in [2.75, 3.05) is 24.6 Å². The molecule has 1 atom stereocenters. The van der Waals surface area contributed by atoms with Crippen LogP contribution in [0.1, 0.15) is 30.9 Å². The first-order valence-electron chi connectivity index (χ1n) is 9.06. The van der Waals surface area contributed by atoms with Crippen molar-refractivity contribution in [1.29, 1.82) is 0 Å². The first-order valence-corrected chi connectivity index (χ1v) is 10.9. The minimum absolute atomic E-state index is 0. The van der Waals surface area contributed by atoms with Crippen LogP contribution in [0.4, 0.5) is 4.39 Å². The number of rotatable bonds is 7. The molecule has 28 heavy (non-hydrogen) atoms. The van der Waals surface area contributed by atoms with Gasteiger partial charge in [0.15, 0.2) is 15.8 Å². The number of hydrogen-bond acceptors (Lipinski definition) is 4. The summed E-state index contributed by atoms with van der Waals surface area (Å²) < 4.78 is 36.2. The molecule has 1 aromatic rings. The summed E-state index contributed by atoms with van der Waals surface area (Å²) in [5.41, 5.74) is 1.47. The summed E-state index contributed by atoms with van der Waals surface area (Å²) in [6, 6.07) is 4.59. The lowest BCUT2D eigenvalue weighted by atomic mass is 10.1. The van der Waals surface area contributed by atoms with E-state index < -0.39 is 9.84 Å². The zero-order chi connectivity index (χ0) is 19.9. The van der Waals surface area contributed by atoms with E-state index in [4.69, 9.17) is 0 Å². The van der Waals surface area contributed by atoms with Crippen LogP contribution >= 0.6 is 24.0 Å². The van der Waals surface area contributed by atoms with E-state index in [-0.39, 0.29) is 59.7 Å². The molecule has 0 spiro atoms. The highest BCUT2D eigenvalue weighted by atomic mass is 127. The average molecular weight is 526 g/mol. The quantitative estimate of drug-likeness (QED) is 0.284. The van der Waals surface area contributed by atoms with Crippen molar-refractivity contribution in [3.8, 4) is 0 Å². The molecule has 1 fully saturated rings. The molecule has 0 aromatic heterocycles. The largest absolute Gasteiger partial charge is 0.357 e. The average Bonchev–Trinajstić information content (AvgIpc) is 2.94. The second-order valence-electron chi connectivity index (χ2n) is 6.62. The van der Waals surface area contributed by atoms with Crippen molar-refractivity contribution in [1.82, 2.24) is 16.0 Å². The maximum Gasteiger partial charge on any atom is 0.222 e. The summed E-state index contributed by atoms with van der Waals surface area (Å²) in [5, 5.41) is 8.92. The number of guanidine groups is 1. The van der Waals surface area contributed by atoms with Gasteiger partial charge in [-0.1, -0.05) is 12.1 Å². The Kier molecular flexibility index (Phi) is 10.1. The molecule has 0 saturated carbocycles. The van der Waals surface area contributed by atoms with E-state index in [0.717, 1.165) is 5.56 Å². The molecular formula is C18H28FIN4O3S. The van der Waals surface area contributed by atoms with Gasteiger partial charge in [-0.3, -0.25) is 4.79 Å². The highest BCUT2D eigenvalue weighted by Crippen LogP contribution is 2.11. The van der Waals surface area contributed by atoms with Gasteiger partial charge in [0, 0.05) is 25.6 Å². The molecule has 1 aliphatic heterocycles. The van der Waals surface area contributed by atoms with Crippen molar-refractivity contribution < 1.29 is 17.6 Å². The van der Waals surface area contributed by atoms with E-state index in [1.165, 1.54) is 6.07 Å². The van der Waals surface area contributed by atoms with Crippen molar-refractivity contribution in [3.63, 3.8) is 0 Å². The Morgan fingerprint density at radius 3 is 2.68 bits per heavy atom. The first kappa shape index (κ1) is 24.6. The molecule has 1 unspecified atom stereocenters. The summed E-state index contributed by atoms with van der Waals surface area (Å²) in [5.74, 6) is 0.295. The molecule has 3 N–H and O–H groups in total. The monoisotopic (exact) mass is 526 g/mol. The van der Waals surface area contributed by atoms with Crippen molar-refractivity contribution in [2.24, 2.45) is 4.99 Å². The Labute approximate surface area is 182 Å². The Morgan fingerprint density at radius 1 is 1.32 bits per heavy atom. The van der Waals surface area contributed by atoms with Crippen LogP contribution in [0.3, 0.4) is 0 Å². The number of sulfone groups is 1. The molecule has 0 radical (unpaired) electrons. The van der Waals surface area contributed by atoms with Gasteiger partial charge >= 0.3 is 0 Å². The standard InChI is InChI=1S/C18H27FN4O3S.HI/c1-3-20-18(22-11-14-4-5-16(19)13(2)10-14)21-8-6-17(24)23-15-7-9-27(25,26)12-15;/h4-5,10,15H,3,6-9,11-12H2,1-2H3,(H,23,24)(H2,20,21,22);1H. The Morgan fingerprint density at radius 2 is 2.07 bits per heavy atom. The minimum atomic E-state index is -3.00. The third kappa shape index (κ3) is 8.29. The molecule has 1 aliphatic rings.